The van der Waals surface area contributed by atoms with Crippen LogP contribution in [0.25, 0.3) is 0 Å². The first kappa shape index (κ1) is 14.2. The van der Waals surface area contributed by atoms with Crippen molar-refractivity contribution >= 4 is 27.5 Å². The van der Waals surface area contributed by atoms with E-state index in [1.165, 1.54) is 37.7 Å². The van der Waals surface area contributed by atoms with E-state index in [4.69, 9.17) is 16.3 Å². The van der Waals surface area contributed by atoms with Crippen molar-refractivity contribution in [2.75, 3.05) is 6.61 Å². The molecule has 0 spiro atoms. The third kappa shape index (κ3) is 3.42. The summed E-state index contributed by atoms with van der Waals surface area (Å²) in [6.45, 7) is 2.68. The summed E-state index contributed by atoms with van der Waals surface area (Å²) >= 11 is 10.2. The van der Waals surface area contributed by atoms with Crippen LogP contribution in [0.3, 0.4) is 0 Å². The van der Waals surface area contributed by atoms with Crippen LogP contribution in [0.2, 0.25) is 0 Å². The van der Waals surface area contributed by atoms with Crippen LogP contribution < -0.4 is 4.74 Å². The topological polar surface area (TPSA) is 9.23 Å². The van der Waals surface area contributed by atoms with Gasteiger partial charge in [-0.2, -0.15) is 0 Å². The van der Waals surface area contributed by atoms with E-state index in [0.29, 0.717) is 12.5 Å². The van der Waals surface area contributed by atoms with Crippen molar-refractivity contribution in [1.82, 2.24) is 0 Å². The molecule has 0 saturated heterocycles. The van der Waals surface area contributed by atoms with Gasteiger partial charge >= 0.3 is 0 Å². The number of hydrogen-bond donors (Lipinski definition) is 0. The third-order valence-corrected chi connectivity index (χ3v) is 4.87. The first-order chi connectivity index (χ1) is 8.72. The molecule has 0 amide bonds. The first-order valence-electron chi connectivity index (χ1n) is 6.78. The Morgan fingerprint density at radius 3 is 2.67 bits per heavy atom. The molecule has 2 rings (SSSR count). The van der Waals surface area contributed by atoms with Gasteiger partial charge in [-0.3, -0.25) is 0 Å². The Kier molecular flexibility index (Phi) is 5.38. The van der Waals surface area contributed by atoms with Crippen molar-refractivity contribution < 1.29 is 4.74 Å². The maximum atomic E-state index is 6.62. The van der Waals surface area contributed by atoms with Crippen LogP contribution in [-0.4, -0.2) is 6.61 Å². The highest BCUT2D eigenvalue weighted by Gasteiger charge is 2.23. The largest absolute Gasteiger partial charge is 0.493 e. The van der Waals surface area contributed by atoms with E-state index in [9.17, 15) is 0 Å². The second-order valence-electron chi connectivity index (χ2n) is 4.92. The average Bonchev–Trinajstić information content (AvgIpc) is 2.41. The zero-order valence-electron chi connectivity index (χ0n) is 10.8. The van der Waals surface area contributed by atoms with Gasteiger partial charge in [0.1, 0.15) is 5.75 Å². The van der Waals surface area contributed by atoms with Crippen LogP contribution in [0, 0.1) is 5.92 Å². The minimum Gasteiger partial charge on any atom is -0.493 e. The molecule has 1 aliphatic carbocycles. The van der Waals surface area contributed by atoms with Crippen molar-refractivity contribution in [3.05, 3.63) is 28.2 Å². The molecule has 1 saturated carbocycles. The molecule has 0 aliphatic heterocycles. The van der Waals surface area contributed by atoms with Gasteiger partial charge in [-0.15, -0.1) is 11.6 Å². The minimum atomic E-state index is 0.136. The van der Waals surface area contributed by atoms with Crippen molar-refractivity contribution in [2.24, 2.45) is 5.92 Å². The molecule has 0 bridgehead atoms. The molecule has 1 atom stereocenters. The van der Waals surface area contributed by atoms with E-state index >= 15 is 0 Å². The predicted molar refractivity (Wildman–Crippen MR) is 80.5 cm³/mol. The second kappa shape index (κ2) is 6.81. The lowest BCUT2D eigenvalue weighted by molar-refractivity contribution is 0.336. The predicted octanol–water partition coefficient (Wildman–Crippen LogP) is 5.71. The van der Waals surface area contributed by atoms with Crippen LogP contribution in [0.4, 0.5) is 0 Å². The summed E-state index contributed by atoms with van der Waals surface area (Å²) in [7, 11) is 0. The van der Waals surface area contributed by atoms with Gasteiger partial charge in [0.05, 0.1) is 16.5 Å². The Morgan fingerprint density at radius 2 is 2.06 bits per heavy atom. The molecule has 100 valence electrons. The summed E-state index contributed by atoms with van der Waals surface area (Å²) < 4.78 is 6.53. The highest BCUT2D eigenvalue weighted by molar-refractivity contribution is 9.10. The smallest absolute Gasteiger partial charge is 0.133 e. The molecule has 1 fully saturated rings. The summed E-state index contributed by atoms with van der Waals surface area (Å²) in [5.41, 5.74) is 1.21. The Balaban J connectivity index is 2.10. The van der Waals surface area contributed by atoms with E-state index < -0.39 is 0 Å². The summed E-state index contributed by atoms with van der Waals surface area (Å²) in [5.74, 6) is 1.53. The normalized spacial score (nSPS) is 18.6. The van der Waals surface area contributed by atoms with Gasteiger partial charge in [-0.1, -0.05) is 25.3 Å². The van der Waals surface area contributed by atoms with Crippen LogP contribution in [0.5, 0.6) is 5.75 Å². The zero-order valence-corrected chi connectivity index (χ0v) is 13.1. The van der Waals surface area contributed by atoms with E-state index in [2.05, 4.69) is 28.1 Å². The van der Waals surface area contributed by atoms with Gasteiger partial charge in [0, 0.05) is 0 Å². The minimum absolute atomic E-state index is 0.136. The van der Waals surface area contributed by atoms with Gasteiger partial charge in [0.25, 0.3) is 0 Å². The fraction of sp³-hybridized carbons (Fsp3) is 0.600. The molecule has 0 aromatic heterocycles. The Labute approximate surface area is 123 Å². The molecular weight excluding hydrogens is 312 g/mol. The van der Waals surface area contributed by atoms with Crippen molar-refractivity contribution in [1.29, 1.82) is 0 Å². The lowest BCUT2D eigenvalue weighted by Gasteiger charge is -2.26. The summed E-state index contributed by atoms with van der Waals surface area (Å²) in [4.78, 5) is 0. The van der Waals surface area contributed by atoms with Crippen LogP contribution in [-0.2, 0) is 0 Å². The molecule has 3 heteroatoms. The molecular formula is C15H20BrClO. The number of alkyl halides is 1. The Hall–Kier alpha value is -0.210. The van der Waals surface area contributed by atoms with Crippen LogP contribution in [0.15, 0.2) is 22.7 Å². The van der Waals surface area contributed by atoms with Crippen molar-refractivity contribution in [2.45, 2.75) is 44.4 Å². The van der Waals surface area contributed by atoms with Gasteiger partial charge in [-0.05, 0) is 59.3 Å². The van der Waals surface area contributed by atoms with E-state index in [1.807, 2.05) is 13.0 Å². The molecule has 1 unspecified atom stereocenters. The molecule has 18 heavy (non-hydrogen) atoms. The van der Waals surface area contributed by atoms with E-state index in [-0.39, 0.29) is 5.38 Å². The lowest BCUT2D eigenvalue weighted by Crippen LogP contribution is -2.12. The molecule has 1 nitrogen and oxygen atoms in total. The number of halogens is 2. The SMILES string of the molecule is CCOc1ccc(C(Cl)C2CCCCC2)cc1Br. The second-order valence-corrected chi connectivity index (χ2v) is 6.25. The highest BCUT2D eigenvalue weighted by atomic mass is 79.9. The number of ether oxygens (including phenoxy) is 1. The molecule has 0 heterocycles. The molecule has 1 aromatic carbocycles. The quantitative estimate of drug-likeness (QED) is 0.642. The summed E-state index contributed by atoms with van der Waals surface area (Å²) in [6, 6.07) is 6.22. The van der Waals surface area contributed by atoms with Gasteiger partial charge < -0.3 is 4.74 Å². The van der Waals surface area contributed by atoms with Gasteiger partial charge in [-0.25, -0.2) is 0 Å². The third-order valence-electron chi connectivity index (χ3n) is 3.64. The molecule has 1 aliphatic rings. The maximum absolute atomic E-state index is 6.62. The number of rotatable bonds is 4. The number of benzene rings is 1. The van der Waals surface area contributed by atoms with E-state index in [1.54, 1.807) is 0 Å². The molecule has 1 aromatic rings. The summed E-state index contributed by atoms with van der Waals surface area (Å²) in [6.07, 6.45) is 6.54. The number of hydrogen-bond acceptors (Lipinski definition) is 1. The Morgan fingerprint density at radius 1 is 1.33 bits per heavy atom. The maximum Gasteiger partial charge on any atom is 0.133 e. The monoisotopic (exact) mass is 330 g/mol. The zero-order chi connectivity index (χ0) is 13.0. The van der Waals surface area contributed by atoms with Crippen LogP contribution >= 0.6 is 27.5 Å². The molecule has 0 N–H and O–H groups in total. The van der Waals surface area contributed by atoms with Crippen LogP contribution in [0.1, 0.15) is 50.0 Å². The fourth-order valence-electron chi connectivity index (χ4n) is 2.66. The Bertz CT molecular complexity index is 388. The molecule has 0 radical (unpaired) electrons. The van der Waals surface area contributed by atoms with Crippen molar-refractivity contribution in [3.8, 4) is 5.75 Å². The standard InChI is InChI=1S/C15H20BrClO/c1-2-18-14-9-8-12(10-13(14)16)15(17)11-6-4-3-5-7-11/h8-11,15H,2-7H2,1H3. The van der Waals surface area contributed by atoms with Gasteiger partial charge in [0.2, 0.25) is 0 Å². The fourth-order valence-corrected chi connectivity index (χ4v) is 3.56. The van der Waals surface area contributed by atoms with Gasteiger partial charge in [0.15, 0.2) is 0 Å². The van der Waals surface area contributed by atoms with E-state index in [0.717, 1.165) is 10.2 Å². The first-order valence-corrected chi connectivity index (χ1v) is 8.01. The highest BCUT2D eigenvalue weighted by Crippen LogP contribution is 2.40. The van der Waals surface area contributed by atoms with Crippen molar-refractivity contribution in [3.63, 3.8) is 0 Å². The lowest BCUT2D eigenvalue weighted by atomic mass is 9.84. The summed E-state index contributed by atoms with van der Waals surface area (Å²) in [5, 5.41) is 0.136. The average molecular weight is 332 g/mol.